The Labute approximate surface area is 182 Å². The molecule has 3 N–H and O–H groups in total. The molecule has 8 heteroatoms. The number of nitrogens with zero attached hydrogens (tertiary/aromatic N) is 1. The number of likely N-dealkylation sites (tertiary alicyclic amines) is 1. The van der Waals surface area contributed by atoms with Gasteiger partial charge in [0.25, 0.3) is 11.8 Å². The highest BCUT2D eigenvalue weighted by molar-refractivity contribution is 7.89. The summed E-state index contributed by atoms with van der Waals surface area (Å²) in [5.74, 6) is 0.319. The second-order valence-electron chi connectivity index (χ2n) is 8.35. The fourth-order valence-electron chi connectivity index (χ4n) is 4.74. The lowest BCUT2D eigenvalue weighted by atomic mass is 9.78. The number of piperidine rings is 1. The topological polar surface area (TPSA) is 110 Å². The Morgan fingerprint density at radius 1 is 0.871 bits per heavy atom. The molecule has 2 aliphatic rings. The number of hydrogen-bond acceptors (Lipinski definition) is 4. The summed E-state index contributed by atoms with van der Waals surface area (Å²) < 4.78 is 22.7. The maximum Gasteiger partial charge on any atom is 0.255 e. The number of sulfonamides is 1. The molecular weight excluding hydrogens is 414 g/mol. The lowest BCUT2D eigenvalue weighted by Crippen LogP contribution is -2.49. The van der Waals surface area contributed by atoms with Gasteiger partial charge in [-0.15, -0.1) is 0 Å². The molecule has 1 saturated heterocycles. The number of anilines is 1. The van der Waals surface area contributed by atoms with Crippen LogP contribution in [0.1, 0.15) is 59.2 Å². The van der Waals surface area contributed by atoms with Gasteiger partial charge in [0, 0.05) is 29.4 Å². The number of fused-ring (bicyclic) bond motifs is 1. The molecule has 1 aliphatic carbocycles. The summed E-state index contributed by atoms with van der Waals surface area (Å²) in [5, 5.41) is 7.84. The van der Waals surface area contributed by atoms with Crippen LogP contribution in [0.2, 0.25) is 0 Å². The third kappa shape index (κ3) is 4.80. The van der Waals surface area contributed by atoms with E-state index < -0.39 is 10.0 Å². The molecule has 0 unspecified atom stereocenters. The van der Waals surface area contributed by atoms with Crippen LogP contribution in [0.4, 0.5) is 5.69 Å². The van der Waals surface area contributed by atoms with Crippen molar-refractivity contribution in [2.24, 2.45) is 11.1 Å². The standard InChI is InChI=1S/C23H27N3O4S/c24-31(29,30)20-13-9-17(10-14-20)22(27)25-19-11-7-18(8-12-19)23(28)26-15-3-5-16-4-1-2-6-21(16)26/h7-14,16,21H,1-6,15H2,(H,25,27)(H2,24,29,30)/t16-,21-/m0/s1. The minimum Gasteiger partial charge on any atom is -0.335 e. The average molecular weight is 442 g/mol. The van der Waals surface area contributed by atoms with Crippen molar-refractivity contribution in [3.8, 4) is 0 Å². The smallest absolute Gasteiger partial charge is 0.255 e. The van der Waals surface area contributed by atoms with Gasteiger partial charge in [0.15, 0.2) is 0 Å². The van der Waals surface area contributed by atoms with E-state index in [4.69, 9.17) is 5.14 Å². The molecule has 7 nitrogen and oxygen atoms in total. The predicted octanol–water partition coefficient (Wildman–Crippen LogP) is 3.38. The van der Waals surface area contributed by atoms with Gasteiger partial charge < -0.3 is 10.2 Å². The number of primary sulfonamides is 1. The highest BCUT2D eigenvalue weighted by Crippen LogP contribution is 2.36. The molecule has 31 heavy (non-hydrogen) atoms. The minimum atomic E-state index is -3.80. The number of nitrogens with two attached hydrogens (primary N) is 1. The maximum atomic E-state index is 13.1. The number of amides is 2. The van der Waals surface area contributed by atoms with Gasteiger partial charge in [-0.25, -0.2) is 13.6 Å². The number of rotatable bonds is 4. The lowest BCUT2D eigenvalue weighted by molar-refractivity contribution is 0.0390. The number of carbonyl (C=O) groups excluding carboxylic acids is 2. The van der Waals surface area contributed by atoms with Gasteiger partial charge in [-0.2, -0.15) is 0 Å². The summed E-state index contributed by atoms with van der Waals surface area (Å²) in [6.45, 7) is 0.813. The largest absolute Gasteiger partial charge is 0.335 e. The third-order valence-corrected chi connectivity index (χ3v) is 7.27. The number of benzene rings is 2. The maximum absolute atomic E-state index is 13.1. The third-order valence-electron chi connectivity index (χ3n) is 6.34. The first-order valence-corrected chi connectivity index (χ1v) is 12.2. The van der Waals surface area contributed by atoms with Crippen molar-refractivity contribution in [1.29, 1.82) is 0 Å². The Hall–Kier alpha value is -2.71. The average Bonchev–Trinajstić information content (AvgIpc) is 2.78. The van der Waals surface area contributed by atoms with E-state index in [0.717, 1.165) is 19.4 Å². The van der Waals surface area contributed by atoms with Gasteiger partial charge in [-0.1, -0.05) is 12.8 Å². The molecule has 0 aromatic heterocycles. The molecule has 1 aliphatic heterocycles. The quantitative estimate of drug-likeness (QED) is 0.758. The number of hydrogen-bond donors (Lipinski definition) is 2. The Bertz CT molecular complexity index is 1060. The Morgan fingerprint density at radius 2 is 1.48 bits per heavy atom. The van der Waals surface area contributed by atoms with Crippen LogP contribution in [0.3, 0.4) is 0 Å². The minimum absolute atomic E-state index is 0.0511. The molecule has 2 fully saturated rings. The van der Waals surface area contributed by atoms with Gasteiger partial charge in [-0.3, -0.25) is 9.59 Å². The molecule has 0 spiro atoms. The lowest BCUT2D eigenvalue weighted by Gasteiger charge is -2.44. The molecule has 2 amide bonds. The normalized spacial score (nSPS) is 21.3. The van der Waals surface area contributed by atoms with Gasteiger partial charge in [-0.05, 0) is 80.1 Å². The highest BCUT2D eigenvalue weighted by atomic mass is 32.2. The van der Waals surface area contributed by atoms with Crippen LogP contribution in [0.5, 0.6) is 0 Å². The van der Waals surface area contributed by atoms with Crippen LogP contribution in [0, 0.1) is 5.92 Å². The van der Waals surface area contributed by atoms with Crippen molar-refractivity contribution in [3.05, 3.63) is 59.7 Å². The highest BCUT2D eigenvalue weighted by Gasteiger charge is 2.35. The molecular formula is C23H27N3O4S. The Kier molecular flexibility index (Phi) is 6.11. The first kappa shape index (κ1) is 21.5. The van der Waals surface area contributed by atoms with Crippen LogP contribution < -0.4 is 10.5 Å². The van der Waals surface area contributed by atoms with E-state index in [0.29, 0.717) is 28.8 Å². The SMILES string of the molecule is NS(=O)(=O)c1ccc(C(=O)Nc2ccc(C(=O)N3CCC[C@@H]4CCCC[C@@H]43)cc2)cc1. The van der Waals surface area contributed by atoms with Crippen LogP contribution >= 0.6 is 0 Å². The monoisotopic (exact) mass is 441 g/mol. The molecule has 4 rings (SSSR count). The van der Waals surface area contributed by atoms with Crippen molar-refractivity contribution >= 4 is 27.5 Å². The zero-order chi connectivity index (χ0) is 22.0. The first-order chi connectivity index (χ1) is 14.8. The van der Waals surface area contributed by atoms with Gasteiger partial charge in [0.1, 0.15) is 0 Å². The second-order valence-corrected chi connectivity index (χ2v) is 9.91. The predicted molar refractivity (Wildman–Crippen MR) is 118 cm³/mol. The first-order valence-electron chi connectivity index (χ1n) is 10.7. The zero-order valence-corrected chi connectivity index (χ0v) is 18.1. The molecule has 1 heterocycles. The van der Waals surface area contributed by atoms with Crippen molar-refractivity contribution in [1.82, 2.24) is 4.90 Å². The summed E-state index contributed by atoms with van der Waals surface area (Å²) in [6, 6.07) is 12.7. The van der Waals surface area contributed by atoms with Crippen molar-refractivity contribution in [2.45, 2.75) is 49.5 Å². The van der Waals surface area contributed by atoms with Crippen molar-refractivity contribution in [2.75, 3.05) is 11.9 Å². The van der Waals surface area contributed by atoms with E-state index in [9.17, 15) is 18.0 Å². The van der Waals surface area contributed by atoms with Gasteiger partial charge in [0.05, 0.1) is 4.90 Å². The molecule has 164 valence electrons. The summed E-state index contributed by atoms with van der Waals surface area (Å²) in [7, 11) is -3.80. The molecule has 0 bridgehead atoms. The Balaban J connectivity index is 1.42. The molecule has 0 radical (unpaired) electrons. The number of nitrogens with one attached hydrogen (secondary N) is 1. The molecule has 2 aromatic carbocycles. The summed E-state index contributed by atoms with van der Waals surface area (Å²) in [4.78, 5) is 27.5. The van der Waals surface area contributed by atoms with Crippen molar-refractivity contribution < 1.29 is 18.0 Å². The summed E-state index contributed by atoms with van der Waals surface area (Å²) in [6.07, 6.45) is 7.05. The van der Waals surface area contributed by atoms with Gasteiger partial charge in [0.2, 0.25) is 10.0 Å². The molecule has 1 saturated carbocycles. The van der Waals surface area contributed by atoms with E-state index in [2.05, 4.69) is 5.32 Å². The van der Waals surface area contributed by atoms with Gasteiger partial charge >= 0.3 is 0 Å². The van der Waals surface area contributed by atoms with Crippen molar-refractivity contribution in [3.63, 3.8) is 0 Å². The Morgan fingerprint density at radius 3 is 2.16 bits per heavy atom. The van der Waals surface area contributed by atoms with E-state index in [1.165, 1.54) is 49.9 Å². The van der Waals surface area contributed by atoms with Crippen LogP contribution in [-0.2, 0) is 10.0 Å². The second kappa shape index (κ2) is 8.80. The fourth-order valence-corrected chi connectivity index (χ4v) is 5.25. The number of carbonyl (C=O) groups is 2. The molecule has 2 atom stereocenters. The van der Waals surface area contributed by atoms with E-state index >= 15 is 0 Å². The van der Waals surface area contributed by atoms with Crippen LogP contribution in [-0.4, -0.2) is 37.7 Å². The summed E-state index contributed by atoms with van der Waals surface area (Å²) >= 11 is 0. The fraction of sp³-hybridized carbons (Fsp3) is 0.391. The van der Waals surface area contributed by atoms with E-state index in [-0.39, 0.29) is 16.7 Å². The van der Waals surface area contributed by atoms with Crippen LogP contribution in [0.25, 0.3) is 0 Å². The van der Waals surface area contributed by atoms with Crippen LogP contribution in [0.15, 0.2) is 53.4 Å². The van der Waals surface area contributed by atoms with E-state index in [1.807, 2.05) is 4.90 Å². The zero-order valence-electron chi connectivity index (χ0n) is 17.3. The molecule has 2 aromatic rings. The van der Waals surface area contributed by atoms with E-state index in [1.54, 1.807) is 24.3 Å². The summed E-state index contributed by atoms with van der Waals surface area (Å²) in [5.41, 5.74) is 1.50.